The van der Waals surface area contributed by atoms with Crippen LogP contribution in [-0.2, 0) is 16.1 Å². The first kappa shape index (κ1) is 15.0. The molecule has 0 aromatic heterocycles. The summed E-state index contributed by atoms with van der Waals surface area (Å²) in [5.41, 5.74) is 11.4. The average Bonchev–Trinajstić information content (AvgIpc) is 2.41. The third kappa shape index (κ3) is 5.87. The fourth-order valence-corrected chi connectivity index (χ4v) is 1.50. The number of rotatable bonds is 8. The molecule has 104 valence electrons. The van der Waals surface area contributed by atoms with Gasteiger partial charge in [0.1, 0.15) is 5.75 Å². The summed E-state index contributed by atoms with van der Waals surface area (Å²) in [6.45, 7) is 0.688. The van der Waals surface area contributed by atoms with Gasteiger partial charge >= 0.3 is 0 Å². The zero-order valence-electron chi connectivity index (χ0n) is 10.7. The van der Waals surface area contributed by atoms with Crippen LogP contribution in [0.3, 0.4) is 0 Å². The van der Waals surface area contributed by atoms with Gasteiger partial charge in [0.05, 0.1) is 0 Å². The van der Waals surface area contributed by atoms with Crippen LogP contribution < -0.4 is 21.5 Å². The zero-order chi connectivity index (χ0) is 14.1. The first-order valence-electron chi connectivity index (χ1n) is 6.09. The van der Waals surface area contributed by atoms with Crippen molar-refractivity contribution in [1.29, 1.82) is 0 Å². The van der Waals surface area contributed by atoms with Crippen molar-refractivity contribution in [3.8, 4) is 5.75 Å². The summed E-state index contributed by atoms with van der Waals surface area (Å²) in [4.78, 5) is 22.0. The van der Waals surface area contributed by atoms with E-state index >= 15 is 0 Å². The van der Waals surface area contributed by atoms with Crippen LogP contribution in [0.1, 0.15) is 18.4 Å². The topological polar surface area (TPSA) is 107 Å². The molecule has 0 bridgehead atoms. The van der Waals surface area contributed by atoms with Gasteiger partial charge in [-0.3, -0.25) is 9.59 Å². The Morgan fingerprint density at radius 1 is 1.26 bits per heavy atom. The summed E-state index contributed by atoms with van der Waals surface area (Å²) < 4.78 is 5.38. The first-order chi connectivity index (χ1) is 9.13. The number of para-hydroxylation sites is 1. The van der Waals surface area contributed by atoms with Gasteiger partial charge in [-0.15, -0.1) is 0 Å². The molecule has 2 amide bonds. The van der Waals surface area contributed by atoms with Gasteiger partial charge in [0.15, 0.2) is 6.61 Å². The van der Waals surface area contributed by atoms with Gasteiger partial charge in [-0.1, -0.05) is 18.2 Å². The van der Waals surface area contributed by atoms with Gasteiger partial charge in [0, 0.05) is 25.1 Å². The van der Waals surface area contributed by atoms with E-state index in [9.17, 15) is 9.59 Å². The van der Waals surface area contributed by atoms with Crippen molar-refractivity contribution < 1.29 is 14.3 Å². The third-order valence-corrected chi connectivity index (χ3v) is 2.47. The lowest BCUT2D eigenvalue weighted by molar-refractivity contribution is -0.123. The predicted molar refractivity (Wildman–Crippen MR) is 71.3 cm³/mol. The largest absolute Gasteiger partial charge is 0.483 e. The van der Waals surface area contributed by atoms with E-state index in [4.69, 9.17) is 16.2 Å². The van der Waals surface area contributed by atoms with E-state index in [0.29, 0.717) is 25.3 Å². The highest BCUT2D eigenvalue weighted by molar-refractivity contribution is 5.77. The quantitative estimate of drug-likeness (QED) is 0.571. The molecule has 0 heterocycles. The summed E-state index contributed by atoms with van der Waals surface area (Å²) in [5.74, 6) is -0.00375. The minimum absolute atomic E-state index is 0.0758. The molecule has 6 heteroatoms. The van der Waals surface area contributed by atoms with Crippen molar-refractivity contribution in [3.05, 3.63) is 29.8 Å². The molecule has 0 saturated carbocycles. The van der Waals surface area contributed by atoms with E-state index in [1.807, 2.05) is 18.2 Å². The molecular weight excluding hydrogens is 246 g/mol. The number of carbonyl (C=O) groups excluding carboxylic acids is 2. The van der Waals surface area contributed by atoms with Crippen molar-refractivity contribution in [2.45, 2.75) is 19.4 Å². The molecule has 6 nitrogen and oxygen atoms in total. The van der Waals surface area contributed by atoms with Crippen LogP contribution in [-0.4, -0.2) is 25.0 Å². The van der Waals surface area contributed by atoms with Crippen LogP contribution in [0.2, 0.25) is 0 Å². The third-order valence-electron chi connectivity index (χ3n) is 2.47. The maximum Gasteiger partial charge on any atom is 0.257 e. The average molecular weight is 265 g/mol. The van der Waals surface area contributed by atoms with Crippen molar-refractivity contribution in [2.24, 2.45) is 11.5 Å². The van der Waals surface area contributed by atoms with Gasteiger partial charge in [-0.25, -0.2) is 0 Å². The fraction of sp³-hybridized carbons (Fsp3) is 0.385. The van der Waals surface area contributed by atoms with Crippen molar-refractivity contribution in [1.82, 2.24) is 5.32 Å². The molecule has 0 radical (unpaired) electrons. The lowest BCUT2D eigenvalue weighted by Gasteiger charge is -2.10. The summed E-state index contributed by atoms with van der Waals surface area (Å²) >= 11 is 0. The van der Waals surface area contributed by atoms with Gasteiger partial charge in [0.25, 0.3) is 5.91 Å². The predicted octanol–water partition coefficient (Wildman–Crippen LogP) is -0.0942. The van der Waals surface area contributed by atoms with Gasteiger partial charge in [-0.2, -0.15) is 0 Å². The number of benzene rings is 1. The second-order valence-corrected chi connectivity index (χ2v) is 4.02. The number of hydrogen-bond acceptors (Lipinski definition) is 4. The van der Waals surface area contributed by atoms with Crippen molar-refractivity contribution in [3.63, 3.8) is 0 Å². The van der Waals surface area contributed by atoms with Gasteiger partial charge < -0.3 is 21.5 Å². The minimum atomic E-state index is -0.373. The minimum Gasteiger partial charge on any atom is -0.483 e. The number of hydrogen-bond donors (Lipinski definition) is 3. The molecule has 0 aliphatic heterocycles. The Morgan fingerprint density at radius 2 is 2.00 bits per heavy atom. The van der Waals surface area contributed by atoms with Gasteiger partial charge in [0.2, 0.25) is 5.91 Å². The molecule has 0 aliphatic carbocycles. The fourth-order valence-electron chi connectivity index (χ4n) is 1.50. The summed E-state index contributed by atoms with van der Waals surface area (Å²) in [5, 5.41) is 2.64. The second kappa shape index (κ2) is 8.10. The number of carbonyl (C=O) groups is 2. The Kier molecular flexibility index (Phi) is 6.38. The monoisotopic (exact) mass is 265 g/mol. The molecule has 0 atom stereocenters. The smallest absolute Gasteiger partial charge is 0.257 e. The Hall–Kier alpha value is -2.08. The highest BCUT2D eigenvalue weighted by Crippen LogP contribution is 2.16. The van der Waals surface area contributed by atoms with Crippen molar-refractivity contribution >= 4 is 11.8 Å². The van der Waals surface area contributed by atoms with Crippen LogP contribution in [0.5, 0.6) is 5.75 Å². The van der Waals surface area contributed by atoms with E-state index < -0.39 is 0 Å². The first-order valence-corrected chi connectivity index (χ1v) is 6.09. The van der Waals surface area contributed by atoms with E-state index in [1.165, 1.54) is 0 Å². The number of ether oxygens (including phenoxy) is 1. The maximum atomic E-state index is 11.5. The molecule has 1 rings (SSSR count). The highest BCUT2D eigenvalue weighted by atomic mass is 16.5. The summed E-state index contributed by atoms with van der Waals surface area (Å²) in [6.07, 6.45) is 0.789. The van der Waals surface area contributed by atoms with E-state index in [2.05, 4.69) is 5.32 Å². The van der Waals surface area contributed by atoms with E-state index in [-0.39, 0.29) is 24.8 Å². The molecule has 0 spiro atoms. The summed E-state index contributed by atoms with van der Waals surface area (Å²) in [6, 6.07) is 7.29. The highest BCUT2D eigenvalue weighted by Gasteiger charge is 2.05. The van der Waals surface area contributed by atoms with Crippen molar-refractivity contribution in [2.75, 3.05) is 13.2 Å². The Bertz CT molecular complexity index is 435. The molecule has 0 aliphatic rings. The van der Waals surface area contributed by atoms with Crippen LogP contribution >= 0.6 is 0 Å². The van der Waals surface area contributed by atoms with Crippen LogP contribution in [0.15, 0.2) is 24.3 Å². The maximum absolute atomic E-state index is 11.5. The van der Waals surface area contributed by atoms with E-state index in [1.54, 1.807) is 6.07 Å². The zero-order valence-corrected chi connectivity index (χ0v) is 10.7. The molecule has 5 N–H and O–H groups in total. The van der Waals surface area contributed by atoms with Crippen LogP contribution in [0.25, 0.3) is 0 Å². The summed E-state index contributed by atoms with van der Waals surface area (Å²) in [7, 11) is 0. The SMILES string of the molecule is NCc1ccccc1OCC(=O)NCCCC(N)=O. The molecule has 1 aromatic rings. The lowest BCUT2D eigenvalue weighted by atomic mass is 10.2. The second-order valence-electron chi connectivity index (χ2n) is 4.02. The molecule has 0 unspecified atom stereocenters. The molecule has 0 saturated heterocycles. The molecule has 19 heavy (non-hydrogen) atoms. The van der Waals surface area contributed by atoms with Crippen LogP contribution in [0.4, 0.5) is 0 Å². The Morgan fingerprint density at radius 3 is 2.68 bits per heavy atom. The standard InChI is InChI=1S/C13H19N3O3/c14-8-10-4-1-2-5-11(10)19-9-13(18)16-7-3-6-12(15)17/h1-2,4-5H,3,6-9,14H2,(H2,15,17)(H,16,18). The molecule has 1 aromatic carbocycles. The molecule has 0 fully saturated rings. The number of amides is 2. The lowest BCUT2D eigenvalue weighted by Crippen LogP contribution is -2.30. The van der Waals surface area contributed by atoms with Gasteiger partial charge in [-0.05, 0) is 12.5 Å². The normalized spacial score (nSPS) is 9.95. The number of primary amides is 1. The van der Waals surface area contributed by atoms with E-state index in [0.717, 1.165) is 5.56 Å². The molecular formula is C13H19N3O3. The number of nitrogens with two attached hydrogens (primary N) is 2. The Labute approximate surface area is 112 Å². The number of nitrogens with one attached hydrogen (secondary N) is 1. The van der Waals surface area contributed by atoms with Crippen LogP contribution in [0, 0.1) is 0 Å². The Balaban J connectivity index is 2.28.